The molecule has 6 nitrogen and oxygen atoms in total. The van der Waals surface area contributed by atoms with Gasteiger partial charge in [0.2, 0.25) is 0 Å². The van der Waals surface area contributed by atoms with Crippen molar-refractivity contribution < 1.29 is 9.66 Å². The third-order valence-electron chi connectivity index (χ3n) is 3.26. The highest BCUT2D eigenvalue weighted by molar-refractivity contribution is 5.59. The van der Waals surface area contributed by atoms with Crippen LogP contribution < -0.4 is 15.4 Å². The predicted octanol–water partition coefficient (Wildman–Crippen LogP) is 1.53. The summed E-state index contributed by atoms with van der Waals surface area (Å²) in [5.74, 6) is 0.298. The molecule has 1 saturated heterocycles. The fourth-order valence-electron chi connectivity index (χ4n) is 2.17. The average molecular weight is 251 g/mol. The monoisotopic (exact) mass is 251 g/mol. The number of hydrogen-bond acceptors (Lipinski definition) is 5. The van der Waals surface area contributed by atoms with Gasteiger partial charge in [-0.15, -0.1) is 0 Å². The Morgan fingerprint density at radius 3 is 2.67 bits per heavy atom. The Morgan fingerprint density at radius 1 is 1.44 bits per heavy atom. The summed E-state index contributed by atoms with van der Waals surface area (Å²) in [6.07, 6.45) is 1.89. The van der Waals surface area contributed by atoms with Crippen molar-refractivity contribution in [1.29, 1.82) is 0 Å². The van der Waals surface area contributed by atoms with Gasteiger partial charge in [-0.05, 0) is 18.9 Å². The lowest BCUT2D eigenvalue weighted by atomic mass is 10.1. The molecule has 18 heavy (non-hydrogen) atoms. The van der Waals surface area contributed by atoms with Crippen molar-refractivity contribution in [2.75, 3.05) is 25.1 Å². The Hall–Kier alpha value is -1.82. The standard InChI is InChI=1S/C12H17N3O3/c1-18-12-8-10(2-3-11(12)15(16)17)14-6-4-9(13)5-7-14/h2-3,8-9H,4-7,13H2,1H3. The number of benzene rings is 1. The second kappa shape index (κ2) is 5.22. The molecule has 2 rings (SSSR count). The van der Waals surface area contributed by atoms with Crippen molar-refractivity contribution in [3.63, 3.8) is 0 Å². The Labute approximate surface area is 105 Å². The molecular formula is C12H17N3O3. The fourth-order valence-corrected chi connectivity index (χ4v) is 2.17. The minimum absolute atomic E-state index is 0.00467. The first-order valence-electron chi connectivity index (χ1n) is 5.95. The molecule has 1 heterocycles. The van der Waals surface area contributed by atoms with Gasteiger partial charge in [-0.1, -0.05) is 0 Å². The van der Waals surface area contributed by atoms with E-state index >= 15 is 0 Å². The van der Waals surface area contributed by atoms with Crippen LogP contribution in [-0.4, -0.2) is 31.2 Å². The zero-order valence-corrected chi connectivity index (χ0v) is 10.3. The fraction of sp³-hybridized carbons (Fsp3) is 0.500. The molecule has 0 bridgehead atoms. The number of nitrogens with two attached hydrogens (primary N) is 1. The van der Waals surface area contributed by atoms with Crippen LogP contribution in [0.4, 0.5) is 11.4 Å². The summed E-state index contributed by atoms with van der Waals surface area (Å²) in [6, 6.07) is 5.23. The molecule has 1 fully saturated rings. The zero-order chi connectivity index (χ0) is 13.1. The molecule has 0 amide bonds. The minimum atomic E-state index is -0.436. The predicted molar refractivity (Wildman–Crippen MR) is 69.1 cm³/mol. The van der Waals surface area contributed by atoms with Crippen LogP contribution in [0.1, 0.15) is 12.8 Å². The molecule has 0 aliphatic carbocycles. The molecular weight excluding hydrogens is 234 g/mol. The van der Waals surface area contributed by atoms with Crippen molar-refractivity contribution in [3.8, 4) is 5.75 Å². The normalized spacial score (nSPS) is 16.7. The van der Waals surface area contributed by atoms with Gasteiger partial charge in [0.05, 0.1) is 12.0 Å². The molecule has 0 radical (unpaired) electrons. The van der Waals surface area contributed by atoms with Crippen LogP contribution >= 0.6 is 0 Å². The average Bonchev–Trinajstić information content (AvgIpc) is 2.38. The van der Waals surface area contributed by atoms with E-state index in [1.807, 2.05) is 0 Å². The third-order valence-corrected chi connectivity index (χ3v) is 3.26. The maximum Gasteiger partial charge on any atom is 0.311 e. The number of piperidine rings is 1. The van der Waals surface area contributed by atoms with E-state index in [9.17, 15) is 10.1 Å². The molecule has 1 aromatic carbocycles. The van der Waals surface area contributed by atoms with Gasteiger partial charge in [-0.3, -0.25) is 10.1 Å². The molecule has 1 aliphatic rings. The van der Waals surface area contributed by atoms with Gasteiger partial charge in [-0.25, -0.2) is 0 Å². The van der Waals surface area contributed by atoms with Crippen molar-refractivity contribution in [2.24, 2.45) is 5.73 Å². The summed E-state index contributed by atoms with van der Waals surface area (Å²) >= 11 is 0. The summed E-state index contributed by atoms with van der Waals surface area (Å²) in [4.78, 5) is 12.5. The van der Waals surface area contributed by atoms with E-state index < -0.39 is 4.92 Å². The van der Waals surface area contributed by atoms with Crippen LogP contribution in [0.3, 0.4) is 0 Å². The minimum Gasteiger partial charge on any atom is -0.490 e. The van der Waals surface area contributed by atoms with Crippen LogP contribution in [0, 0.1) is 10.1 Å². The molecule has 1 aliphatic heterocycles. The first kappa shape index (κ1) is 12.6. The Kier molecular flexibility index (Phi) is 3.66. The van der Waals surface area contributed by atoms with Crippen LogP contribution in [0.25, 0.3) is 0 Å². The number of nitrogens with zero attached hydrogens (tertiary/aromatic N) is 2. The first-order chi connectivity index (χ1) is 8.61. The zero-order valence-electron chi connectivity index (χ0n) is 10.3. The largest absolute Gasteiger partial charge is 0.490 e. The number of rotatable bonds is 3. The maximum atomic E-state index is 10.8. The van der Waals surface area contributed by atoms with E-state index in [0.717, 1.165) is 31.6 Å². The van der Waals surface area contributed by atoms with Crippen molar-refractivity contribution >= 4 is 11.4 Å². The van der Waals surface area contributed by atoms with E-state index in [1.165, 1.54) is 13.2 Å². The molecule has 0 aromatic heterocycles. The molecule has 0 atom stereocenters. The third kappa shape index (κ3) is 2.53. The second-order valence-electron chi connectivity index (χ2n) is 4.44. The number of hydrogen-bond donors (Lipinski definition) is 1. The summed E-state index contributed by atoms with van der Waals surface area (Å²) in [6.45, 7) is 1.75. The lowest BCUT2D eigenvalue weighted by molar-refractivity contribution is -0.385. The Balaban J connectivity index is 2.22. The van der Waals surface area contributed by atoms with Gasteiger partial charge in [0.1, 0.15) is 0 Å². The topological polar surface area (TPSA) is 81.6 Å². The number of nitro groups is 1. The molecule has 2 N–H and O–H groups in total. The molecule has 0 saturated carbocycles. The summed E-state index contributed by atoms with van der Waals surface area (Å²) in [5.41, 5.74) is 6.80. The smallest absolute Gasteiger partial charge is 0.311 e. The van der Waals surface area contributed by atoms with Crippen LogP contribution in [-0.2, 0) is 0 Å². The van der Waals surface area contributed by atoms with E-state index in [4.69, 9.17) is 10.5 Å². The molecule has 1 aromatic rings. The highest BCUT2D eigenvalue weighted by Gasteiger charge is 2.20. The van der Waals surface area contributed by atoms with Crippen molar-refractivity contribution in [1.82, 2.24) is 0 Å². The molecule has 98 valence electrons. The summed E-state index contributed by atoms with van der Waals surface area (Å²) in [7, 11) is 1.44. The Bertz CT molecular complexity index is 442. The van der Waals surface area contributed by atoms with Gasteiger partial charge in [0.25, 0.3) is 0 Å². The van der Waals surface area contributed by atoms with Gasteiger partial charge >= 0.3 is 5.69 Å². The van der Waals surface area contributed by atoms with Crippen LogP contribution in [0.15, 0.2) is 18.2 Å². The van der Waals surface area contributed by atoms with E-state index in [0.29, 0.717) is 5.75 Å². The SMILES string of the molecule is COc1cc(N2CCC(N)CC2)ccc1[N+](=O)[O-]. The quantitative estimate of drug-likeness (QED) is 0.650. The van der Waals surface area contributed by atoms with Crippen LogP contribution in [0.2, 0.25) is 0 Å². The maximum absolute atomic E-state index is 10.8. The second-order valence-corrected chi connectivity index (χ2v) is 4.44. The lowest BCUT2D eigenvalue weighted by Gasteiger charge is -2.32. The lowest BCUT2D eigenvalue weighted by Crippen LogP contribution is -2.39. The number of nitro benzene ring substituents is 1. The van der Waals surface area contributed by atoms with Gasteiger partial charge in [-0.2, -0.15) is 0 Å². The van der Waals surface area contributed by atoms with Crippen LogP contribution in [0.5, 0.6) is 5.75 Å². The van der Waals surface area contributed by atoms with Crippen molar-refractivity contribution in [3.05, 3.63) is 28.3 Å². The van der Waals surface area contributed by atoms with E-state index in [1.54, 1.807) is 12.1 Å². The molecule has 6 heteroatoms. The summed E-state index contributed by atoms with van der Waals surface area (Å²) in [5, 5.41) is 10.8. The number of ether oxygens (including phenoxy) is 1. The number of anilines is 1. The summed E-state index contributed by atoms with van der Waals surface area (Å²) < 4.78 is 5.07. The highest BCUT2D eigenvalue weighted by Crippen LogP contribution is 2.32. The highest BCUT2D eigenvalue weighted by atomic mass is 16.6. The Morgan fingerprint density at radius 2 is 2.11 bits per heavy atom. The molecule has 0 spiro atoms. The van der Waals surface area contributed by atoms with E-state index in [-0.39, 0.29) is 11.7 Å². The first-order valence-corrected chi connectivity index (χ1v) is 5.95. The number of methoxy groups -OCH3 is 1. The van der Waals surface area contributed by atoms with Gasteiger partial charge < -0.3 is 15.4 Å². The van der Waals surface area contributed by atoms with Crippen molar-refractivity contribution in [2.45, 2.75) is 18.9 Å². The van der Waals surface area contributed by atoms with Gasteiger partial charge in [0.15, 0.2) is 5.75 Å². The molecule has 0 unspecified atom stereocenters. The van der Waals surface area contributed by atoms with Gasteiger partial charge in [0, 0.05) is 37.0 Å². The van der Waals surface area contributed by atoms with E-state index in [2.05, 4.69) is 4.90 Å².